The number of nitrogens with two attached hydrogens (primary N) is 1. The van der Waals surface area contributed by atoms with Crippen molar-refractivity contribution in [3.8, 4) is 0 Å². The lowest BCUT2D eigenvalue weighted by molar-refractivity contribution is 0.761. The fraction of sp³-hybridized carbons (Fsp3) is 0.353. The van der Waals surface area contributed by atoms with Crippen molar-refractivity contribution in [2.24, 2.45) is 5.73 Å². The highest BCUT2D eigenvalue weighted by Crippen LogP contribution is 2.36. The topological polar surface area (TPSA) is 42.1 Å². The van der Waals surface area contributed by atoms with Gasteiger partial charge in [0.05, 0.1) is 0 Å². The first kappa shape index (κ1) is 13.1. The van der Waals surface area contributed by atoms with E-state index >= 15 is 0 Å². The molecule has 0 bridgehead atoms. The molecule has 0 spiro atoms. The number of para-hydroxylation sites is 1. The van der Waals surface area contributed by atoms with E-state index in [9.17, 15) is 0 Å². The van der Waals surface area contributed by atoms with Gasteiger partial charge < -0.3 is 10.6 Å². The van der Waals surface area contributed by atoms with Gasteiger partial charge in [0.1, 0.15) is 0 Å². The van der Waals surface area contributed by atoms with Crippen LogP contribution in [0.25, 0.3) is 0 Å². The fourth-order valence-electron chi connectivity index (χ4n) is 3.11. The smallest absolute Gasteiger partial charge is 0.0492 e. The van der Waals surface area contributed by atoms with Crippen molar-refractivity contribution in [1.82, 2.24) is 4.98 Å². The summed E-state index contributed by atoms with van der Waals surface area (Å²) >= 11 is 0. The third-order valence-electron chi connectivity index (χ3n) is 4.04. The summed E-state index contributed by atoms with van der Waals surface area (Å²) in [6.45, 7) is 5.68. The van der Waals surface area contributed by atoms with Gasteiger partial charge in [-0.3, -0.25) is 4.98 Å². The minimum atomic E-state index is 0.535. The predicted octanol–water partition coefficient (Wildman–Crippen LogP) is 3.24. The molecule has 0 radical (unpaired) electrons. The lowest BCUT2D eigenvalue weighted by Gasteiger charge is -2.33. The molecule has 1 aliphatic heterocycles. The number of pyridine rings is 1. The Hall–Kier alpha value is -1.87. The standard InChI is InChI=1S/C17H21N3/c1-12-10-17(15(11-18)13(2)19-12)20-9-5-7-14-6-3-4-8-16(14)20/h3-4,6,8,10H,5,7,9,11,18H2,1-2H3. The average molecular weight is 267 g/mol. The summed E-state index contributed by atoms with van der Waals surface area (Å²) in [4.78, 5) is 6.95. The van der Waals surface area contributed by atoms with E-state index in [0.29, 0.717) is 6.54 Å². The first-order valence-electron chi connectivity index (χ1n) is 7.23. The monoisotopic (exact) mass is 267 g/mol. The molecule has 0 atom stereocenters. The Bertz CT molecular complexity index is 634. The maximum Gasteiger partial charge on any atom is 0.0492 e. The van der Waals surface area contributed by atoms with Crippen LogP contribution in [-0.2, 0) is 13.0 Å². The number of fused-ring (bicyclic) bond motifs is 1. The van der Waals surface area contributed by atoms with E-state index in [-0.39, 0.29) is 0 Å². The Labute approximate surface area is 120 Å². The highest BCUT2D eigenvalue weighted by atomic mass is 15.1. The second-order valence-corrected chi connectivity index (χ2v) is 5.43. The number of aryl methyl sites for hydroxylation is 3. The van der Waals surface area contributed by atoms with Crippen LogP contribution in [0.15, 0.2) is 30.3 Å². The molecule has 2 aromatic rings. The van der Waals surface area contributed by atoms with Crippen molar-refractivity contribution in [3.63, 3.8) is 0 Å². The van der Waals surface area contributed by atoms with Crippen molar-refractivity contribution in [2.75, 3.05) is 11.4 Å². The summed E-state index contributed by atoms with van der Waals surface area (Å²) in [6, 6.07) is 10.8. The second-order valence-electron chi connectivity index (χ2n) is 5.43. The molecular formula is C17H21N3. The van der Waals surface area contributed by atoms with E-state index in [1.54, 1.807) is 0 Å². The zero-order valence-electron chi connectivity index (χ0n) is 12.2. The number of hydrogen-bond acceptors (Lipinski definition) is 3. The minimum Gasteiger partial charge on any atom is -0.341 e. The molecule has 1 aromatic carbocycles. The Kier molecular flexibility index (Phi) is 3.45. The molecule has 3 heteroatoms. The second kappa shape index (κ2) is 5.25. The summed E-state index contributed by atoms with van der Waals surface area (Å²) < 4.78 is 0. The van der Waals surface area contributed by atoms with Crippen LogP contribution >= 0.6 is 0 Å². The Morgan fingerprint density at radius 2 is 2.00 bits per heavy atom. The molecule has 0 amide bonds. The average Bonchev–Trinajstić information content (AvgIpc) is 2.46. The molecule has 0 saturated carbocycles. The molecule has 1 aliphatic rings. The Morgan fingerprint density at radius 1 is 1.20 bits per heavy atom. The van der Waals surface area contributed by atoms with Crippen LogP contribution < -0.4 is 10.6 Å². The van der Waals surface area contributed by atoms with E-state index in [4.69, 9.17) is 5.73 Å². The van der Waals surface area contributed by atoms with Crippen LogP contribution in [0.3, 0.4) is 0 Å². The predicted molar refractivity (Wildman–Crippen MR) is 83.4 cm³/mol. The highest BCUT2D eigenvalue weighted by Gasteiger charge is 2.21. The molecule has 104 valence electrons. The van der Waals surface area contributed by atoms with Gasteiger partial charge in [-0.1, -0.05) is 18.2 Å². The van der Waals surface area contributed by atoms with Crippen molar-refractivity contribution in [3.05, 3.63) is 52.8 Å². The maximum atomic E-state index is 5.96. The van der Waals surface area contributed by atoms with Gasteiger partial charge in [0, 0.05) is 41.4 Å². The molecule has 0 aliphatic carbocycles. The Morgan fingerprint density at radius 3 is 2.80 bits per heavy atom. The third-order valence-corrected chi connectivity index (χ3v) is 4.04. The van der Waals surface area contributed by atoms with E-state index in [0.717, 1.165) is 29.9 Å². The molecule has 0 unspecified atom stereocenters. The molecule has 20 heavy (non-hydrogen) atoms. The fourth-order valence-corrected chi connectivity index (χ4v) is 3.11. The van der Waals surface area contributed by atoms with Gasteiger partial charge in [0.15, 0.2) is 0 Å². The largest absolute Gasteiger partial charge is 0.341 e. The molecule has 2 N–H and O–H groups in total. The van der Waals surface area contributed by atoms with Gasteiger partial charge >= 0.3 is 0 Å². The molecule has 1 aromatic heterocycles. The van der Waals surface area contributed by atoms with Gasteiger partial charge in [-0.25, -0.2) is 0 Å². The van der Waals surface area contributed by atoms with Crippen LogP contribution in [0.1, 0.15) is 28.9 Å². The summed E-state index contributed by atoms with van der Waals surface area (Å²) in [6.07, 6.45) is 2.34. The number of hydrogen-bond donors (Lipinski definition) is 1. The van der Waals surface area contributed by atoms with Crippen LogP contribution in [-0.4, -0.2) is 11.5 Å². The van der Waals surface area contributed by atoms with Gasteiger partial charge in [-0.05, 0) is 44.4 Å². The van der Waals surface area contributed by atoms with Crippen LogP contribution in [0.2, 0.25) is 0 Å². The third kappa shape index (κ3) is 2.18. The SMILES string of the molecule is Cc1cc(N2CCCc3ccccc32)c(CN)c(C)n1. The molecular weight excluding hydrogens is 246 g/mol. The minimum absolute atomic E-state index is 0.535. The van der Waals surface area contributed by atoms with Crippen molar-refractivity contribution < 1.29 is 0 Å². The van der Waals surface area contributed by atoms with E-state index in [2.05, 4.69) is 47.1 Å². The molecule has 2 heterocycles. The summed E-state index contributed by atoms with van der Waals surface area (Å²) in [5.41, 5.74) is 13.2. The van der Waals surface area contributed by atoms with Crippen LogP contribution in [0.5, 0.6) is 0 Å². The number of rotatable bonds is 2. The first-order valence-corrected chi connectivity index (χ1v) is 7.23. The van der Waals surface area contributed by atoms with Gasteiger partial charge in [-0.15, -0.1) is 0 Å². The number of benzene rings is 1. The number of aromatic nitrogens is 1. The first-order chi connectivity index (χ1) is 9.70. The molecule has 0 fully saturated rings. The van der Waals surface area contributed by atoms with Crippen LogP contribution in [0.4, 0.5) is 11.4 Å². The number of nitrogens with zero attached hydrogens (tertiary/aromatic N) is 2. The lowest BCUT2D eigenvalue weighted by atomic mass is 9.99. The summed E-state index contributed by atoms with van der Waals surface area (Å²) in [7, 11) is 0. The van der Waals surface area contributed by atoms with E-state index < -0.39 is 0 Å². The quantitative estimate of drug-likeness (QED) is 0.908. The van der Waals surface area contributed by atoms with Gasteiger partial charge in [0.2, 0.25) is 0 Å². The molecule has 3 rings (SSSR count). The van der Waals surface area contributed by atoms with Crippen molar-refractivity contribution in [2.45, 2.75) is 33.2 Å². The Balaban J connectivity index is 2.15. The van der Waals surface area contributed by atoms with E-state index in [1.807, 2.05) is 6.92 Å². The summed E-state index contributed by atoms with van der Waals surface area (Å²) in [5, 5.41) is 0. The molecule has 0 saturated heterocycles. The van der Waals surface area contributed by atoms with Crippen LogP contribution in [0, 0.1) is 13.8 Å². The highest BCUT2D eigenvalue weighted by molar-refractivity contribution is 5.71. The maximum absolute atomic E-state index is 5.96. The van der Waals surface area contributed by atoms with Gasteiger partial charge in [0.25, 0.3) is 0 Å². The number of anilines is 2. The summed E-state index contributed by atoms with van der Waals surface area (Å²) in [5.74, 6) is 0. The lowest BCUT2D eigenvalue weighted by Crippen LogP contribution is -2.26. The molecule has 3 nitrogen and oxygen atoms in total. The van der Waals surface area contributed by atoms with Gasteiger partial charge in [-0.2, -0.15) is 0 Å². The zero-order chi connectivity index (χ0) is 14.1. The van der Waals surface area contributed by atoms with Crippen molar-refractivity contribution >= 4 is 11.4 Å². The normalized spacial score (nSPS) is 14.2. The van der Waals surface area contributed by atoms with E-state index in [1.165, 1.54) is 23.4 Å². The zero-order valence-corrected chi connectivity index (χ0v) is 12.2. The van der Waals surface area contributed by atoms with Crippen molar-refractivity contribution in [1.29, 1.82) is 0 Å².